The van der Waals surface area contributed by atoms with E-state index in [0.29, 0.717) is 13.2 Å². The molecule has 0 aromatic rings. The van der Waals surface area contributed by atoms with Crippen molar-refractivity contribution in [2.75, 3.05) is 26.4 Å². The molecule has 0 aliphatic carbocycles. The van der Waals surface area contributed by atoms with Crippen LogP contribution in [0.25, 0.3) is 0 Å². The molecule has 2 aliphatic rings. The van der Waals surface area contributed by atoms with Gasteiger partial charge in [0.25, 0.3) is 0 Å². The van der Waals surface area contributed by atoms with E-state index >= 15 is 0 Å². The molecule has 23 heavy (non-hydrogen) atoms. The van der Waals surface area contributed by atoms with E-state index in [1.807, 2.05) is 0 Å². The zero-order chi connectivity index (χ0) is 16.5. The van der Waals surface area contributed by atoms with Crippen LogP contribution in [0.1, 0.15) is 59.3 Å². The molecule has 0 saturated carbocycles. The summed E-state index contributed by atoms with van der Waals surface area (Å²) in [7, 11) is 0. The average molecular weight is 330 g/mol. The molecule has 2 fully saturated rings. The zero-order valence-corrected chi connectivity index (χ0v) is 15.0. The minimum Gasteiger partial charge on any atom is -0.373 e. The molecule has 0 aromatic heterocycles. The van der Waals surface area contributed by atoms with E-state index in [1.54, 1.807) is 0 Å². The fraction of sp³-hybridized carbons (Fsp3) is 1.00. The molecule has 2 bridgehead atoms. The number of unbranched alkanes of at least 4 members (excludes halogenated alkanes) is 3. The highest BCUT2D eigenvalue weighted by atomic mass is 16.8. The van der Waals surface area contributed by atoms with Crippen LogP contribution in [0.15, 0.2) is 0 Å². The van der Waals surface area contributed by atoms with Crippen LogP contribution in [-0.4, -0.2) is 57.1 Å². The number of fused-ring (bicyclic) bond motifs is 2. The van der Waals surface area contributed by atoms with Crippen molar-refractivity contribution in [1.82, 2.24) is 0 Å². The first-order chi connectivity index (χ1) is 11.3. The second-order valence-corrected chi connectivity index (χ2v) is 6.44. The van der Waals surface area contributed by atoms with Gasteiger partial charge in [0.1, 0.15) is 24.4 Å². The summed E-state index contributed by atoms with van der Waals surface area (Å²) in [4.78, 5) is 0. The second-order valence-electron chi connectivity index (χ2n) is 6.44. The largest absolute Gasteiger partial charge is 0.373 e. The van der Waals surface area contributed by atoms with E-state index in [0.717, 1.165) is 51.7 Å². The summed E-state index contributed by atoms with van der Waals surface area (Å²) in [6, 6.07) is 0. The molecule has 3 unspecified atom stereocenters. The molecular weight excluding hydrogens is 296 g/mol. The predicted octanol–water partition coefficient (Wildman–Crippen LogP) is 3.30. The standard InChI is InChI=1S/C18H34O5/c1-4-7-10-19-15-14-13-22-18(23-14)17(21-12-9-6-3)16(15)20-11-8-5-2/h14-18H,4-13H2,1-3H3/t14?,15-,16?,17?,18-/m1/s1. The van der Waals surface area contributed by atoms with E-state index in [2.05, 4.69) is 20.8 Å². The SMILES string of the molecule is CCCCOC1C(OCCCC)[C@H](OCCCC)C2CO[C@@H]1O2. The molecule has 5 atom stereocenters. The summed E-state index contributed by atoms with van der Waals surface area (Å²) < 4.78 is 30.1. The van der Waals surface area contributed by atoms with Crippen LogP contribution in [-0.2, 0) is 23.7 Å². The number of hydrogen-bond acceptors (Lipinski definition) is 5. The summed E-state index contributed by atoms with van der Waals surface area (Å²) in [6.45, 7) is 9.26. The van der Waals surface area contributed by atoms with Gasteiger partial charge in [-0.15, -0.1) is 0 Å². The lowest BCUT2D eigenvalue weighted by Gasteiger charge is -2.40. The van der Waals surface area contributed by atoms with Gasteiger partial charge >= 0.3 is 0 Å². The molecule has 2 aliphatic heterocycles. The van der Waals surface area contributed by atoms with Crippen LogP contribution >= 0.6 is 0 Å². The highest BCUT2D eigenvalue weighted by Crippen LogP contribution is 2.34. The predicted molar refractivity (Wildman–Crippen MR) is 88.6 cm³/mol. The van der Waals surface area contributed by atoms with Gasteiger partial charge in [0.05, 0.1) is 6.61 Å². The number of rotatable bonds is 12. The lowest BCUT2D eigenvalue weighted by Crippen LogP contribution is -2.57. The van der Waals surface area contributed by atoms with Crippen molar-refractivity contribution in [3.05, 3.63) is 0 Å². The molecule has 0 aromatic carbocycles. The summed E-state index contributed by atoms with van der Waals surface area (Å²) in [5.41, 5.74) is 0. The first kappa shape index (κ1) is 19.1. The van der Waals surface area contributed by atoms with Crippen LogP contribution in [0.3, 0.4) is 0 Å². The molecule has 5 heteroatoms. The quantitative estimate of drug-likeness (QED) is 0.514. The highest BCUT2D eigenvalue weighted by molar-refractivity contribution is 4.96. The van der Waals surface area contributed by atoms with Gasteiger partial charge in [0, 0.05) is 19.8 Å². The average Bonchev–Trinajstić information content (AvgIpc) is 2.99. The highest BCUT2D eigenvalue weighted by Gasteiger charge is 2.52. The maximum absolute atomic E-state index is 6.18. The first-order valence-electron chi connectivity index (χ1n) is 9.43. The summed E-state index contributed by atoms with van der Waals surface area (Å²) in [6.07, 6.45) is 5.77. The third-order valence-electron chi connectivity index (χ3n) is 4.44. The first-order valence-corrected chi connectivity index (χ1v) is 9.43. The van der Waals surface area contributed by atoms with Crippen LogP contribution in [0.5, 0.6) is 0 Å². The maximum Gasteiger partial charge on any atom is 0.187 e. The summed E-state index contributed by atoms with van der Waals surface area (Å²) in [5.74, 6) is 0. The zero-order valence-electron chi connectivity index (χ0n) is 15.0. The lowest BCUT2D eigenvalue weighted by atomic mass is 10.00. The molecule has 5 nitrogen and oxygen atoms in total. The van der Waals surface area contributed by atoms with Crippen molar-refractivity contribution >= 4 is 0 Å². The van der Waals surface area contributed by atoms with Crippen LogP contribution < -0.4 is 0 Å². The van der Waals surface area contributed by atoms with Gasteiger partial charge in [-0.1, -0.05) is 40.0 Å². The summed E-state index contributed by atoms with van der Waals surface area (Å²) in [5, 5.41) is 0. The Bertz CT molecular complexity index is 288. The molecule has 0 N–H and O–H groups in total. The Morgan fingerprint density at radius 1 is 0.739 bits per heavy atom. The van der Waals surface area contributed by atoms with Crippen molar-refractivity contribution in [2.24, 2.45) is 0 Å². The van der Waals surface area contributed by atoms with Gasteiger partial charge in [0.15, 0.2) is 6.29 Å². The molecule has 2 saturated heterocycles. The number of hydrogen-bond donors (Lipinski definition) is 0. The van der Waals surface area contributed by atoms with Gasteiger partial charge in [-0.3, -0.25) is 0 Å². The topological polar surface area (TPSA) is 46.2 Å². The van der Waals surface area contributed by atoms with Crippen LogP contribution in [0, 0.1) is 0 Å². The van der Waals surface area contributed by atoms with E-state index in [9.17, 15) is 0 Å². The summed E-state index contributed by atoms with van der Waals surface area (Å²) >= 11 is 0. The molecular formula is C18H34O5. The van der Waals surface area contributed by atoms with E-state index in [1.165, 1.54) is 0 Å². The Hall–Kier alpha value is -0.200. The fourth-order valence-corrected chi connectivity index (χ4v) is 2.99. The minimum absolute atomic E-state index is 0.0329. The van der Waals surface area contributed by atoms with Crippen LogP contribution in [0.4, 0.5) is 0 Å². The molecule has 136 valence electrons. The lowest BCUT2D eigenvalue weighted by molar-refractivity contribution is -0.262. The van der Waals surface area contributed by atoms with Gasteiger partial charge in [-0.05, 0) is 19.3 Å². The van der Waals surface area contributed by atoms with Gasteiger partial charge in [0.2, 0.25) is 0 Å². The minimum atomic E-state index is -0.311. The third kappa shape index (κ3) is 5.40. The van der Waals surface area contributed by atoms with Gasteiger partial charge < -0.3 is 23.7 Å². The maximum atomic E-state index is 6.18. The molecule has 2 rings (SSSR count). The Morgan fingerprint density at radius 2 is 1.26 bits per heavy atom. The van der Waals surface area contributed by atoms with Crippen LogP contribution in [0.2, 0.25) is 0 Å². The Balaban J connectivity index is 1.99. The Labute approximate surface area is 140 Å². The monoisotopic (exact) mass is 330 g/mol. The van der Waals surface area contributed by atoms with Crippen molar-refractivity contribution < 1.29 is 23.7 Å². The number of ether oxygens (including phenoxy) is 5. The Morgan fingerprint density at radius 3 is 1.83 bits per heavy atom. The molecule has 2 heterocycles. The van der Waals surface area contributed by atoms with E-state index < -0.39 is 0 Å². The smallest absolute Gasteiger partial charge is 0.187 e. The van der Waals surface area contributed by atoms with Crippen molar-refractivity contribution in [3.63, 3.8) is 0 Å². The van der Waals surface area contributed by atoms with Gasteiger partial charge in [-0.25, -0.2) is 0 Å². The normalized spacial score (nSPS) is 33.3. The molecule has 0 radical (unpaired) electrons. The van der Waals surface area contributed by atoms with Crippen molar-refractivity contribution in [1.29, 1.82) is 0 Å². The molecule has 0 spiro atoms. The van der Waals surface area contributed by atoms with Crippen molar-refractivity contribution in [3.8, 4) is 0 Å². The fourth-order valence-electron chi connectivity index (χ4n) is 2.99. The van der Waals surface area contributed by atoms with E-state index in [-0.39, 0.29) is 30.7 Å². The van der Waals surface area contributed by atoms with Gasteiger partial charge in [-0.2, -0.15) is 0 Å². The third-order valence-corrected chi connectivity index (χ3v) is 4.44. The Kier molecular flexibility index (Phi) is 8.83. The molecule has 0 amide bonds. The second kappa shape index (κ2) is 10.6. The van der Waals surface area contributed by atoms with E-state index in [4.69, 9.17) is 23.7 Å². The van der Waals surface area contributed by atoms with Crippen molar-refractivity contribution in [2.45, 2.75) is 90.0 Å².